The van der Waals surface area contributed by atoms with Crippen molar-refractivity contribution in [3.8, 4) is 0 Å². The highest BCUT2D eigenvalue weighted by Gasteiger charge is 2.30. The van der Waals surface area contributed by atoms with Gasteiger partial charge in [-0.3, -0.25) is 5.43 Å². The second-order valence-electron chi connectivity index (χ2n) is 4.17. The van der Waals surface area contributed by atoms with Crippen LogP contribution >= 0.6 is 0 Å². The molecule has 0 bridgehead atoms. The average molecular weight is 284 g/mol. The Kier molecular flexibility index (Phi) is 4.25. The second kappa shape index (κ2) is 5.74. The molecule has 19 heavy (non-hydrogen) atoms. The Morgan fingerprint density at radius 1 is 1.16 bits per heavy atom. The van der Waals surface area contributed by atoms with Gasteiger partial charge in [0.15, 0.2) is 0 Å². The number of hydrogen-bond donors (Lipinski definition) is 1. The molecule has 0 atom stereocenters. The Hall–Kier alpha value is -1.35. The fourth-order valence-electron chi connectivity index (χ4n) is 2.04. The van der Waals surface area contributed by atoms with Crippen LogP contribution in [0.3, 0.4) is 0 Å². The third-order valence-corrected chi connectivity index (χ3v) is 5.08. The predicted molar refractivity (Wildman–Crippen MR) is 71.3 cm³/mol. The van der Waals surface area contributed by atoms with Gasteiger partial charge < -0.3 is 0 Å². The number of rotatable bonds is 4. The van der Waals surface area contributed by atoms with Crippen molar-refractivity contribution < 1.29 is 8.42 Å². The Bertz CT molecular complexity index is 553. The van der Waals surface area contributed by atoms with E-state index in [1.807, 2.05) is 5.01 Å². The van der Waals surface area contributed by atoms with Crippen LogP contribution in [0.2, 0.25) is 0 Å². The minimum Gasteiger partial charge on any atom is -0.258 e. The summed E-state index contributed by atoms with van der Waals surface area (Å²) >= 11 is 0. The lowest BCUT2D eigenvalue weighted by Gasteiger charge is -2.33. The topological polar surface area (TPSA) is 82.1 Å². The summed E-state index contributed by atoms with van der Waals surface area (Å²) in [5.41, 5.74) is 2.94. The largest absolute Gasteiger partial charge is 0.258 e. The van der Waals surface area contributed by atoms with Crippen molar-refractivity contribution in [2.75, 3.05) is 33.2 Å². The highest BCUT2D eigenvalue weighted by Crippen LogP contribution is 2.26. The summed E-state index contributed by atoms with van der Waals surface area (Å²) in [6.45, 7) is 1.98. The van der Waals surface area contributed by atoms with E-state index in [-0.39, 0.29) is 10.6 Å². The minimum absolute atomic E-state index is 0.0251. The van der Waals surface area contributed by atoms with E-state index >= 15 is 0 Å². The Morgan fingerprint density at radius 2 is 1.79 bits per heavy atom. The number of hydrogen-bond acceptors (Lipinski definition) is 6. The van der Waals surface area contributed by atoms with Gasteiger partial charge in [-0.2, -0.15) is 4.31 Å². The van der Waals surface area contributed by atoms with Gasteiger partial charge in [0.2, 0.25) is 10.0 Å². The Labute approximate surface area is 112 Å². The Balaban J connectivity index is 2.26. The van der Waals surface area contributed by atoms with Gasteiger partial charge in [-0.15, -0.1) is 4.91 Å². The molecule has 1 aromatic rings. The number of benzene rings is 1. The van der Waals surface area contributed by atoms with Gasteiger partial charge in [0.25, 0.3) is 0 Å². The van der Waals surface area contributed by atoms with Gasteiger partial charge in [0, 0.05) is 26.2 Å². The molecule has 1 N–H and O–H groups in total. The number of nitroso groups, excluding NO2 is 1. The van der Waals surface area contributed by atoms with Crippen molar-refractivity contribution in [3.63, 3.8) is 0 Å². The highest BCUT2D eigenvalue weighted by molar-refractivity contribution is 7.89. The van der Waals surface area contributed by atoms with Crippen LogP contribution in [-0.4, -0.2) is 51.0 Å². The Morgan fingerprint density at radius 3 is 2.37 bits per heavy atom. The number of hydrazine groups is 1. The van der Waals surface area contributed by atoms with E-state index < -0.39 is 10.0 Å². The standard InChI is InChI=1S/C11H16N4O3S/c1-12-14-6-8-15(9-7-14)19(17,18)11-5-3-2-4-10(11)13-16/h2-5,12H,6-9H2,1H3. The molecule has 0 radical (unpaired) electrons. The number of nitrogens with zero attached hydrogens (tertiary/aromatic N) is 3. The molecule has 1 aliphatic heterocycles. The molecule has 7 nitrogen and oxygen atoms in total. The lowest BCUT2D eigenvalue weighted by molar-refractivity contribution is 0.142. The van der Waals surface area contributed by atoms with Gasteiger partial charge in [0.05, 0.1) is 0 Å². The second-order valence-corrected chi connectivity index (χ2v) is 6.08. The summed E-state index contributed by atoms with van der Waals surface area (Å²) in [6, 6.07) is 6.00. The van der Waals surface area contributed by atoms with Crippen LogP contribution in [0.25, 0.3) is 0 Å². The maximum atomic E-state index is 12.5. The smallest absolute Gasteiger partial charge is 0.245 e. The molecule has 0 unspecified atom stereocenters. The van der Waals surface area contributed by atoms with Crippen LogP contribution in [0.1, 0.15) is 0 Å². The number of sulfonamides is 1. The summed E-state index contributed by atoms with van der Waals surface area (Å²) in [6.07, 6.45) is 0. The summed E-state index contributed by atoms with van der Waals surface area (Å²) in [5.74, 6) is 0. The van der Waals surface area contributed by atoms with Crippen molar-refractivity contribution in [2.24, 2.45) is 5.18 Å². The maximum Gasteiger partial charge on any atom is 0.245 e. The fraction of sp³-hybridized carbons (Fsp3) is 0.455. The van der Waals surface area contributed by atoms with Crippen LogP contribution < -0.4 is 5.43 Å². The van der Waals surface area contributed by atoms with Crippen LogP contribution in [0.5, 0.6) is 0 Å². The summed E-state index contributed by atoms with van der Waals surface area (Å²) in [4.78, 5) is 10.7. The first-order valence-corrected chi connectivity index (χ1v) is 7.38. The first-order valence-electron chi connectivity index (χ1n) is 5.94. The normalized spacial score (nSPS) is 18.4. The summed E-state index contributed by atoms with van der Waals surface area (Å²) < 4.78 is 26.3. The molecular weight excluding hydrogens is 268 g/mol. The maximum absolute atomic E-state index is 12.5. The molecule has 2 rings (SSSR count). The summed E-state index contributed by atoms with van der Waals surface area (Å²) in [5, 5.41) is 4.72. The molecule has 0 amide bonds. The zero-order valence-electron chi connectivity index (χ0n) is 10.6. The van der Waals surface area contributed by atoms with Crippen LogP contribution in [-0.2, 0) is 10.0 Å². The summed E-state index contributed by atoms with van der Waals surface area (Å²) in [7, 11) is -1.85. The van der Waals surface area contributed by atoms with E-state index in [1.54, 1.807) is 19.2 Å². The molecule has 1 heterocycles. The van der Waals surface area contributed by atoms with Crippen LogP contribution in [0.15, 0.2) is 34.3 Å². The quantitative estimate of drug-likeness (QED) is 0.815. The van der Waals surface area contributed by atoms with E-state index in [9.17, 15) is 13.3 Å². The van der Waals surface area contributed by atoms with Crippen molar-refractivity contribution in [1.29, 1.82) is 0 Å². The van der Waals surface area contributed by atoms with Gasteiger partial charge in [-0.05, 0) is 24.4 Å². The molecule has 1 fully saturated rings. The van der Waals surface area contributed by atoms with Crippen LogP contribution in [0, 0.1) is 4.91 Å². The molecular formula is C11H16N4O3S. The van der Waals surface area contributed by atoms with Crippen LogP contribution in [0.4, 0.5) is 5.69 Å². The first-order chi connectivity index (χ1) is 9.09. The van der Waals surface area contributed by atoms with Gasteiger partial charge in [-0.1, -0.05) is 12.1 Å². The van der Waals surface area contributed by atoms with Crippen molar-refractivity contribution in [3.05, 3.63) is 29.2 Å². The number of piperazine rings is 1. The monoisotopic (exact) mass is 284 g/mol. The van der Waals surface area contributed by atoms with Gasteiger partial charge in [-0.25, -0.2) is 13.4 Å². The zero-order valence-corrected chi connectivity index (χ0v) is 11.4. The van der Waals surface area contributed by atoms with Crippen molar-refractivity contribution >= 4 is 15.7 Å². The van der Waals surface area contributed by atoms with E-state index in [4.69, 9.17) is 0 Å². The lowest BCUT2D eigenvalue weighted by atomic mass is 10.3. The van der Waals surface area contributed by atoms with Crippen molar-refractivity contribution in [1.82, 2.24) is 14.7 Å². The molecule has 0 aromatic heterocycles. The van der Waals surface area contributed by atoms with E-state index in [0.29, 0.717) is 26.2 Å². The number of nitrogens with one attached hydrogen (secondary N) is 1. The molecule has 0 aliphatic carbocycles. The average Bonchev–Trinajstić information content (AvgIpc) is 2.47. The molecule has 8 heteroatoms. The van der Waals surface area contributed by atoms with Gasteiger partial charge in [0.1, 0.15) is 10.6 Å². The zero-order chi connectivity index (χ0) is 13.9. The van der Waals surface area contributed by atoms with Gasteiger partial charge >= 0.3 is 0 Å². The molecule has 0 saturated carbocycles. The third kappa shape index (κ3) is 2.81. The van der Waals surface area contributed by atoms with E-state index in [0.717, 1.165) is 0 Å². The fourth-order valence-corrected chi connectivity index (χ4v) is 3.58. The molecule has 1 aromatic carbocycles. The third-order valence-electron chi connectivity index (χ3n) is 3.14. The molecule has 0 spiro atoms. The van der Waals surface area contributed by atoms with E-state index in [1.165, 1.54) is 16.4 Å². The minimum atomic E-state index is -3.65. The molecule has 1 saturated heterocycles. The predicted octanol–water partition coefficient (Wildman–Crippen LogP) is 0.525. The van der Waals surface area contributed by atoms with Crippen molar-refractivity contribution in [2.45, 2.75) is 4.90 Å². The lowest BCUT2D eigenvalue weighted by Crippen LogP contribution is -2.52. The molecule has 104 valence electrons. The highest BCUT2D eigenvalue weighted by atomic mass is 32.2. The SMILES string of the molecule is CNN1CCN(S(=O)(=O)c2ccccc2N=O)CC1. The first kappa shape index (κ1) is 14.1. The van der Waals surface area contributed by atoms with E-state index in [2.05, 4.69) is 10.6 Å². The molecule has 1 aliphatic rings.